The van der Waals surface area contributed by atoms with Crippen molar-refractivity contribution in [3.63, 3.8) is 0 Å². The molecule has 3 N–H and O–H groups in total. The van der Waals surface area contributed by atoms with Gasteiger partial charge >= 0.3 is 12.1 Å². The Morgan fingerprint density at radius 3 is 2.39 bits per heavy atom. The van der Waals surface area contributed by atoms with E-state index in [1.165, 1.54) is 10.9 Å². The number of fused-ring (bicyclic) bond motifs is 2. The molecule has 36 heavy (non-hydrogen) atoms. The molecular formula is C25H26F3N5O3. The van der Waals surface area contributed by atoms with E-state index in [0.29, 0.717) is 12.1 Å². The summed E-state index contributed by atoms with van der Waals surface area (Å²) in [6, 6.07) is 16.4. The van der Waals surface area contributed by atoms with Crippen molar-refractivity contribution in [3.05, 3.63) is 54.1 Å². The number of para-hydroxylation sites is 1. The highest BCUT2D eigenvalue weighted by atomic mass is 19.4. The van der Waals surface area contributed by atoms with Gasteiger partial charge in [0.2, 0.25) is 0 Å². The van der Waals surface area contributed by atoms with Crippen LogP contribution in [0.5, 0.6) is 0 Å². The van der Waals surface area contributed by atoms with Gasteiger partial charge in [0.1, 0.15) is 0 Å². The number of aromatic nitrogens is 3. The molecule has 8 nitrogen and oxygen atoms in total. The molecule has 190 valence electrons. The fourth-order valence-electron chi connectivity index (χ4n) is 4.44. The van der Waals surface area contributed by atoms with E-state index in [1.54, 1.807) is 0 Å². The minimum atomic E-state index is -5.08. The summed E-state index contributed by atoms with van der Waals surface area (Å²) in [6.45, 7) is 1.40. The number of halogens is 3. The number of carboxylic acid groups (broad SMARTS) is 1. The summed E-state index contributed by atoms with van der Waals surface area (Å²) in [5, 5.41) is 8.31. The number of likely N-dealkylation sites (tertiary alicyclic amines) is 1. The van der Waals surface area contributed by atoms with E-state index in [2.05, 4.69) is 34.4 Å². The number of benzene rings is 2. The zero-order chi connectivity index (χ0) is 26.2. The summed E-state index contributed by atoms with van der Waals surface area (Å²) >= 11 is 0. The van der Waals surface area contributed by atoms with Gasteiger partial charge in [0.25, 0.3) is 5.91 Å². The van der Waals surface area contributed by atoms with E-state index in [4.69, 9.17) is 20.6 Å². The van der Waals surface area contributed by atoms with Gasteiger partial charge in [0.05, 0.1) is 16.7 Å². The van der Waals surface area contributed by atoms with Gasteiger partial charge in [-0.1, -0.05) is 18.2 Å². The first-order valence-corrected chi connectivity index (χ1v) is 11.3. The molecule has 11 heteroatoms. The number of imidazole rings is 1. The van der Waals surface area contributed by atoms with E-state index in [1.807, 2.05) is 42.3 Å². The average Bonchev–Trinajstić information content (AvgIpc) is 3.34. The van der Waals surface area contributed by atoms with Crippen LogP contribution in [0.2, 0.25) is 0 Å². The molecule has 1 amide bonds. The standard InChI is InChI=1S/C23H25N5O.C2HF3O2/c1-26-19-8-4-3-6-15(19)13-21(26)22-25-18-12-16(9-10-20(18)27(22)2)23(29)28-11-5-7-17(24)14-28;3-2(4,5)1(6)7/h3-4,6,8-10,12-13,17H,5,7,11,14,24H2,1-2H3;(H,6,7). The number of aliphatic carboxylic acids is 1. The van der Waals surface area contributed by atoms with Gasteiger partial charge in [-0.05, 0) is 43.2 Å². The van der Waals surface area contributed by atoms with E-state index < -0.39 is 12.1 Å². The molecule has 2 aromatic carbocycles. The minimum absolute atomic E-state index is 0.0406. The van der Waals surface area contributed by atoms with Crippen LogP contribution in [0.25, 0.3) is 33.5 Å². The van der Waals surface area contributed by atoms with E-state index in [-0.39, 0.29) is 11.9 Å². The van der Waals surface area contributed by atoms with Gasteiger partial charge in [0, 0.05) is 49.7 Å². The SMILES string of the molecule is Cn1c(-c2nc3cc(C(=O)N4CCCC(N)C4)ccc3n2C)cc2ccccc21.O=C(O)C(F)(F)F. The van der Waals surface area contributed by atoms with Crippen molar-refractivity contribution in [2.45, 2.75) is 25.1 Å². The number of hydrogen-bond acceptors (Lipinski definition) is 4. The third-order valence-electron chi connectivity index (χ3n) is 6.30. The van der Waals surface area contributed by atoms with Gasteiger partial charge in [-0.2, -0.15) is 13.2 Å². The van der Waals surface area contributed by atoms with Gasteiger partial charge in [-0.15, -0.1) is 0 Å². The summed E-state index contributed by atoms with van der Waals surface area (Å²) < 4.78 is 36.0. The van der Waals surface area contributed by atoms with Crippen LogP contribution in [-0.4, -0.2) is 61.3 Å². The van der Waals surface area contributed by atoms with Crippen molar-refractivity contribution >= 4 is 33.8 Å². The Hall–Kier alpha value is -3.86. The lowest BCUT2D eigenvalue weighted by Crippen LogP contribution is -2.45. The first kappa shape index (κ1) is 25.2. The number of aryl methyl sites for hydroxylation is 2. The first-order valence-electron chi connectivity index (χ1n) is 11.3. The number of hydrogen-bond donors (Lipinski definition) is 2. The van der Waals surface area contributed by atoms with Crippen molar-refractivity contribution in [1.82, 2.24) is 19.0 Å². The smallest absolute Gasteiger partial charge is 0.475 e. The summed E-state index contributed by atoms with van der Waals surface area (Å²) in [4.78, 5) is 28.6. The maximum atomic E-state index is 13.0. The number of carboxylic acids is 1. The van der Waals surface area contributed by atoms with Crippen molar-refractivity contribution in [2.24, 2.45) is 19.8 Å². The third kappa shape index (κ3) is 4.92. The Kier molecular flexibility index (Phi) is 6.77. The number of amides is 1. The summed E-state index contributed by atoms with van der Waals surface area (Å²) in [6.07, 6.45) is -3.14. The van der Waals surface area contributed by atoms with Crippen molar-refractivity contribution in [1.29, 1.82) is 0 Å². The lowest BCUT2D eigenvalue weighted by atomic mass is 10.1. The van der Waals surface area contributed by atoms with Crippen molar-refractivity contribution in [2.75, 3.05) is 13.1 Å². The third-order valence-corrected chi connectivity index (χ3v) is 6.30. The van der Waals surface area contributed by atoms with Gasteiger partial charge in [0.15, 0.2) is 5.82 Å². The highest BCUT2D eigenvalue weighted by molar-refractivity contribution is 5.98. The molecule has 0 spiro atoms. The Morgan fingerprint density at radius 2 is 1.75 bits per heavy atom. The number of rotatable bonds is 2. The van der Waals surface area contributed by atoms with Crippen LogP contribution < -0.4 is 5.73 Å². The molecule has 1 saturated heterocycles. The normalized spacial score (nSPS) is 16.2. The number of nitrogens with two attached hydrogens (primary N) is 1. The molecule has 0 aliphatic carbocycles. The molecule has 1 aliphatic rings. The van der Waals surface area contributed by atoms with Gasteiger partial charge in [-0.3, -0.25) is 4.79 Å². The van der Waals surface area contributed by atoms with Gasteiger partial charge < -0.3 is 24.9 Å². The van der Waals surface area contributed by atoms with Gasteiger partial charge in [-0.25, -0.2) is 9.78 Å². The lowest BCUT2D eigenvalue weighted by Gasteiger charge is -2.30. The Balaban J connectivity index is 0.000000384. The van der Waals surface area contributed by atoms with Crippen LogP contribution in [0.3, 0.4) is 0 Å². The molecule has 0 bridgehead atoms. The second-order valence-electron chi connectivity index (χ2n) is 8.80. The predicted octanol–water partition coefficient (Wildman–Crippen LogP) is 3.93. The van der Waals surface area contributed by atoms with Crippen LogP contribution in [-0.2, 0) is 18.9 Å². The lowest BCUT2D eigenvalue weighted by molar-refractivity contribution is -0.192. The quantitative estimate of drug-likeness (QED) is 0.433. The molecule has 0 radical (unpaired) electrons. The van der Waals surface area contributed by atoms with E-state index in [9.17, 15) is 18.0 Å². The fourth-order valence-corrected chi connectivity index (χ4v) is 4.44. The second kappa shape index (κ2) is 9.65. The highest BCUT2D eigenvalue weighted by Crippen LogP contribution is 2.29. The molecule has 0 saturated carbocycles. The summed E-state index contributed by atoms with van der Waals surface area (Å²) in [5.41, 5.74) is 10.8. The first-order chi connectivity index (χ1) is 17.0. The van der Waals surface area contributed by atoms with Crippen LogP contribution in [0.15, 0.2) is 48.5 Å². The van der Waals surface area contributed by atoms with Crippen LogP contribution in [0.4, 0.5) is 13.2 Å². The monoisotopic (exact) mass is 501 g/mol. The summed E-state index contributed by atoms with van der Waals surface area (Å²) in [7, 11) is 4.08. The predicted molar refractivity (Wildman–Crippen MR) is 129 cm³/mol. The number of carbonyl (C=O) groups is 2. The maximum absolute atomic E-state index is 13.0. The number of alkyl halides is 3. The van der Waals surface area contributed by atoms with E-state index >= 15 is 0 Å². The van der Waals surface area contributed by atoms with Crippen molar-refractivity contribution < 1.29 is 27.9 Å². The second-order valence-corrected chi connectivity index (χ2v) is 8.80. The maximum Gasteiger partial charge on any atom is 0.490 e. The van der Waals surface area contributed by atoms with E-state index in [0.717, 1.165) is 41.9 Å². The molecule has 4 aromatic rings. The zero-order valence-corrected chi connectivity index (χ0v) is 19.8. The summed E-state index contributed by atoms with van der Waals surface area (Å²) in [5.74, 6) is -1.82. The van der Waals surface area contributed by atoms with Crippen LogP contribution in [0, 0.1) is 0 Å². The van der Waals surface area contributed by atoms with Crippen LogP contribution >= 0.6 is 0 Å². The van der Waals surface area contributed by atoms with Crippen molar-refractivity contribution in [3.8, 4) is 11.5 Å². The number of carbonyl (C=O) groups excluding carboxylic acids is 1. The molecule has 5 rings (SSSR count). The molecule has 1 unspecified atom stereocenters. The molecule has 2 aromatic heterocycles. The molecular weight excluding hydrogens is 475 g/mol. The topological polar surface area (TPSA) is 106 Å². The molecule has 3 heterocycles. The Bertz CT molecular complexity index is 1440. The fraction of sp³-hybridized carbons (Fsp3) is 0.320. The average molecular weight is 502 g/mol. The minimum Gasteiger partial charge on any atom is -0.475 e. The molecule has 1 aliphatic heterocycles. The number of piperidine rings is 1. The van der Waals surface area contributed by atoms with Crippen LogP contribution in [0.1, 0.15) is 23.2 Å². The Labute approximate surface area is 204 Å². The molecule has 1 fully saturated rings. The largest absolute Gasteiger partial charge is 0.490 e. The Morgan fingerprint density at radius 1 is 1.06 bits per heavy atom. The highest BCUT2D eigenvalue weighted by Gasteiger charge is 2.38. The molecule has 1 atom stereocenters. The number of nitrogens with zero attached hydrogens (tertiary/aromatic N) is 4. The zero-order valence-electron chi connectivity index (χ0n) is 19.8.